The summed E-state index contributed by atoms with van der Waals surface area (Å²) in [5.74, 6) is 0.957. The molecule has 1 aromatic rings. The Kier molecular flexibility index (Phi) is 8.54. The summed E-state index contributed by atoms with van der Waals surface area (Å²) in [7, 11) is 0. The highest BCUT2D eigenvalue weighted by molar-refractivity contribution is 6.30. The second kappa shape index (κ2) is 10.9. The fraction of sp³-hybridized carbons (Fsp3) is 0.579. The van der Waals surface area contributed by atoms with Crippen LogP contribution in [0.25, 0.3) is 0 Å². The maximum Gasteiger partial charge on any atom is 0.221 e. The smallest absolute Gasteiger partial charge is 0.221 e. The Labute approximate surface area is 161 Å². The van der Waals surface area contributed by atoms with Crippen LogP contribution >= 0.6 is 11.6 Å². The highest BCUT2D eigenvalue weighted by Crippen LogP contribution is 2.20. The summed E-state index contributed by atoms with van der Waals surface area (Å²) in [4.78, 5) is 20.9. The third-order valence-corrected chi connectivity index (χ3v) is 4.50. The van der Waals surface area contributed by atoms with Crippen molar-refractivity contribution in [1.82, 2.24) is 15.5 Å². The molecular weight excluding hydrogens is 350 g/mol. The van der Waals surface area contributed by atoms with Crippen LogP contribution in [0.1, 0.15) is 26.7 Å². The summed E-state index contributed by atoms with van der Waals surface area (Å²) < 4.78 is 0. The molecule has 0 unspecified atom stereocenters. The Bertz CT molecular complexity index is 599. The van der Waals surface area contributed by atoms with Gasteiger partial charge >= 0.3 is 0 Å². The van der Waals surface area contributed by atoms with Gasteiger partial charge in [0.15, 0.2) is 5.96 Å². The van der Waals surface area contributed by atoms with Crippen LogP contribution in [-0.2, 0) is 4.79 Å². The lowest BCUT2D eigenvalue weighted by Gasteiger charge is -2.37. The number of aliphatic imine (C=N–C) groups is 1. The lowest BCUT2D eigenvalue weighted by Crippen LogP contribution is -2.52. The maximum atomic E-state index is 11.7. The van der Waals surface area contributed by atoms with Crippen LogP contribution in [0.5, 0.6) is 0 Å². The molecule has 1 aliphatic heterocycles. The molecule has 1 aliphatic rings. The van der Waals surface area contributed by atoms with Crippen LogP contribution in [0.3, 0.4) is 0 Å². The van der Waals surface area contributed by atoms with Crippen molar-refractivity contribution in [3.63, 3.8) is 0 Å². The minimum Gasteiger partial charge on any atom is -0.368 e. The molecule has 7 heteroatoms. The first-order valence-electron chi connectivity index (χ1n) is 9.44. The van der Waals surface area contributed by atoms with E-state index in [-0.39, 0.29) is 5.91 Å². The van der Waals surface area contributed by atoms with Crippen molar-refractivity contribution in [2.75, 3.05) is 50.7 Å². The molecule has 0 spiro atoms. The van der Waals surface area contributed by atoms with Gasteiger partial charge in [-0.3, -0.25) is 9.79 Å². The number of halogens is 1. The number of hydrogen-bond acceptors (Lipinski definition) is 3. The van der Waals surface area contributed by atoms with Gasteiger partial charge in [0.2, 0.25) is 5.91 Å². The molecule has 0 saturated carbocycles. The minimum atomic E-state index is 0.0669. The molecule has 1 saturated heterocycles. The van der Waals surface area contributed by atoms with Crippen molar-refractivity contribution >= 4 is 29.2 Å². The summed E-state index contributed by atoms with van der Waals surface area (Å²) in [6.07, 6.45) is 1.38. The van der Waals surface area contributed by atoms with Gasteiger partial charge in [0.25, 0.3) is 0 Å². The third kappa shape index (κ3) is 6.41. The van der Waals surface area contributed by atoms with Crippen molar-refractivity contribution in [2.45, 2.75) is 26.7 Å². The molecular formula is C19H30ClN5O. The Morgan fingerprint density at radius 3 is 2.62 bits per heavy atom. The monoisotopic (exact) mass is 379 g/mol. The van der Waals surface area contributed by atoms with E-state index >= 15 is 0 Å². The molecule has 1 heterocycles. The number of nitrogens with zero attached hydrogens (tertiary/aromatic N) is 3. The Hall–Kier alpha value is -1.95. The highest BCUT2D eigenvalue weighted by Gasteiger charge is 2.20. The number of carbonyl (C=O) groups excluding carboxylic acids is 1. The van der Waals surface area contributed by atoms with Gasteiger partial charge in [0.05, 0.1) is 6.54 Å². The van der Waals surface area contributed by atoms with Crippen molar-refractivity contribution < 1.29 is 4.79 Å². The molecule has 0 radical (unpaired) electrons. The zero-order valence-electron chi connectivity index (χ0n) is 15.8. The number of piperazine rings is 1. The van der Waals surface area contributed by atoms with E-state index in [0.717, 1.165) is 62.4 Å². The summed E-state index contributed by atoms with van der Waals surface area (Å²) in [6.45, 7) is 9.77. The molecule has 6 nitrogen and oxygen atoms in total. The van der Waals surface area contributed by atoms with Crippen molar-refractivity contribution in [2.24, 2.45) is 4.99 Å². The number of carbonyl (C=O) groups is 1. The molecule has 2 rings (SSSR count). The van der Waals surface area contributed by atoms with E-state index in [1.807, 2.05) is 25.1 Å². The number of hydrogen-bond donors (Lipinski definition) is 2. The molecule has 1 amide bonds. The van der Waals surface area contributed by atoms with Crippen LogP contribution in [0.2, 0.25) is 5.02 Å². The maximum absolute atomic E-state index is 11.7. The number of rotatable bonds is 7. The van der Waals surface area contributed by atoms with Gasteiger partial charge in [0.1, 0.15) is 0 Å². The van der Waals surface area contributed by atoms with E-state index in [1.54, 1.807) is 0 Å². The zero-order valence-corrected chi connectivity index (χ0v) is 16.6. The summed E-state index contributed by atoms with van der Waals surface area (Å²) >= 11 is 6.10. The van der Waals surface area contributed by atoms with Gasteiger partial charge in [-0.15, -0.1) is 0 Å². The minimum absolute atomic E-state index is 0.0669. The Morgan fingerprint density at radius 2 is 1.96 bits per heavy atom. The van der Waals surface area contributed by atoms with E-state index < -0.39 is 0 Å². The van der Waals surface area contributed by atoms with Crippen LogP contribution in [-0.4, -0.2) is 62.6 Å². The third-order valence-electron chi connectivity index (χ3n) is 4.26. The summed E-state index contributed by atoms with van der Waals surface area (Å²) in [6, 6.07) is 7.98. The second-order valence-electron chi connectivity index (χ2n) is 6.29. The van der Waals surface area contributed by atoms with E-state index in [1.165, 1.54) is 0 Å². The van der Waals surface area contributed by atoms with Gasteiger partial charge in [-0.2, -0.15) is 0 Å². The lowest BCUT2D eigenvalue weighted by atomic mass is 10.2. The Morgan fingerprint density at radius 1 is 1.19 bits per heavy atom. The topological polar surface area (TPSA) is 60.0 Å². The molecule has 2 N–H and O–H groups in total. The summed E-state index contributed by atoms with van der Waals surface area (Å²) in [5, 5.41) is 6.99. The zero-order chi connectivity index (χ0) is 18.8. The van der Waals surface area contributed by atoms with Gasteiger partial charge < -0.3 is 20.4 Å². The van der Waals surface area contributed by atoms with Crippen LogP contribution in [0, 0.1) is 0 Å². The van der Waals surface area contributed by atoms with E-state index in [9.17, 15) is 4.79 Å². The largest absolute Gasteiger partial charge is 0.368 e. The lowest BCUT2D eigenvalue weighted by molar-refractivity contribution is -0.120. The fourth-order valence-corrected chi connectivity index (χ4v) is 3.08. The molecule has 144 valence electrons. The molecule has 0 atom stereocenters. The van der Waals surface area contributed by atoms with Crippen molar-refractivity contribution in [1.29, 1.82) is 0 Å². The van der Waals surface area contributed by atoms with Gasteiger partial charge in [-0.05, 0) is 31.5 Å². The average molecular weight is 380 g/mol. The first-order valence-corrected chi connectivity index (χ1v) is 9.82. The SMILES string of the molecule is CCCNC(=O)CCN=C(NCC)N1CCN(c2cccc(Cl)c2)CC1. The van der Waals surface area contributed by atoms with E-state index in [2.05, 4.69) is 38.4 Å². The van der Waals surface area contributed by atoms with Gasteiger partial charge in [-0.25, -0.2) is 0 Å². The fourth-order valence-electron chi connectivity index (χ4n) is 2.89. The molecule has 0 bridgehead atoms. The quantitative estimate of drug-likeness (QED) is 0.564. The van der Waals surface area contributed by atoms with Crippen LogP contribution in [0.15, 0.2) is 29.3 Å². The van der Waals surface area contributed by atoms with Gasteiger partial charge in [0, 0.05) is 56.4 Å². The molecule has 1 fully saturated rings. The molecule has 26 heavy (non-hydrogen) atoms. The van der Waals surface area contributed by atoms with Crippen molar-refractivity contribution in [3.05, 3.63) is 29.3 Å². The normalized spacial score (nSPS) is 15.1. The number of benzene rings is 1. The second-order valence-corrected chi connectivity index (χ2v) is 6.73. The van der Waals surface area contributed by atoms with Gasteiger partial charge in [-0.1, -0.05) is 24.6 Å². The first kappa shape index (κ1) is 20.4. The standard InChI is InChI=1S/C19H30ClN5O/c1-3-9-22-18(26)8-10-23-19(21-4-2)25-13-11-24(12-14-25)17-7-5-6-16(20)15-17/h5-7,15H,3-4,8-14H2,1-2H3,(H,21,23)(H,22,26). The van der Waals surface area contributed by atoms with Crippen molar-refractivity contribution in [3.8, 4) is 0 Å². The van der Waals surface area contributed by atoms with Crippen LogP contribution in [0.4, 0.5) is 5.69 Å². The van der Waals surface area contributed by atoms with E-state index in [0.29, 0.717) is 13.0 Å². The predicted octanol–water partition coefficient (Wildman–Crippen LogP) is 2.34. The number of nitrogens with one attached hydrogen (secondary N) is 2. The average Bonchev–Trinajstić information content (AvgIpc) is 2.66. The number of amides is 1. The molecule has 1 aromatic carbocycles. The predicted molar refractivity (Wildman–Crippen MR) is 109 cm³/mol. The summed E-state index contributed by atoms with van der Waals surface area (Å²) in [5.41, 5.74) is 1.16. The van der Waals surface area contributed by atoms with E-state index in [4.69, 9.17) is 11.6 Å². The highest BCUT2D eigenvalue weighted by atomic mass is 35.5. The molecule has 0 aromatic heterocycles. The first-order chi connectivity index (χ1) is 12.6. The molecule has 0 aliphatic carbocycles. The van der Waals surface area contributed by atoms with Crippen LogP contribution < -0.4 is 15.5 Å². The number of guanidine groups is 1. The Balaban J connectivity index is 1.86. The number of anilines is 1.